The summed E-state index contributed by atoms with van der Waals surface area (Å²) >= 11 is 0. The third-order valence-electron chi connectivity index (χ3n) is 6.78. The van der Waals surface area contributed by atoms with Gasteiger partial charge < -0.3 is 19.9 Å². The molecule has 1 amide bonds. The van der Waals surface area contributed by atoms with Gasteiger partial charge in [0.25, 0.3) is 0 Å². The molecular weight excluding hydrogens is 578 g/mol. The quantitative estimate of drug-likeness (QED) is 0.209. The van der Waals surface area contributed by atoms with Gasteiger partial charge in [-0.2, -0.15) is 26.3 Å². The number of carbonyl (C=O) groups excluding carboxylic acids is 2. The Bertz CT molecular complexity index is 1320. The lowest BCUT2D eigenvalue weighted by atomic mass is 9.96. The maximum atomic E-state index is 14.0. The Morgan fingerprint density at radius 1 is 1.00 bits per heavy atom. The van der Waals surface area contributed by atoms with Gasteiger partial charge >= 0.3 is 12.4 Å². The number of fused-ring (bicyclic) bond motifs is 1. The monoisotopic (exact) mass is 606 g/mol. The topological polar surface area (TPSA) is 77.7 Å². The van der Waals surface area contributed by atoms with Crippen LogP contribution < -0.4 is 5.32 Å². The molecule has 1 aliphatic rings. The maximum absolute atomic E-state index is 14.0. The number of nitrogens with one attached hydrogen (secondary N) is 2. The van der Waals surface area contributed by atoms with Gasteiger partial charge in [-0.15, -0.1) is 12.4 Å². The molecule has 0 aliphatic carbocycles. The van der Waals surface area contributed by atoms with Crippen LogP contribution in [0.2, 0.25) is 0 Å². The van der Waals surface area contributed by atoms with E-state index >= 15 is 0 Å². The summed E-state index contributed by atoms with van der Waals surface area (Å²) in [6.07, 6.45) is -8.56. The van der Waals surface area contributed by atoms with Crippen LogP contribution in [-0.2, 0) is 28.4 Å². The van der Waals surface area contributed by atoms with Crippen molar-refractivity contribution in [2.24, 2.45) is 0 Å². The van der Waals surface area contributed by atoms with E-state index in [2.05, 4.69) is 10.3 Å². The third kappa shape index (κ3) is 7.59. The van der Waals surface area contributed by atoms with Crippen LogP contribution in [-0.4, -0.2) is 79.0 Å². The minimum atomic E-state index is -5.13. The molecular formula is C27H29ClF6N4O3. The van der Waals surface area contributed by atoms with Crippen molar-refractivity contribution in [3.05, 3.63) is 70.9 Å². The van der Waals surface area contributed by atoms with Crippen LogP contribution in [0.25, 0.3) is 10.9 Å². The average Bonchev–Trinajstić information content (AvgIpc) is 3.33. The number of para-hydroxylation sites is 1. The molecule has 7 nitrogen and oxygen atoms in total. The second-order valence-electron chi connectivity index (χ2n) is 9.46. The van der Waals surface area contributed by atoms with Crippen LogP contribution in [0.1, 0.15) is 27.0 Å². The van der Waals surface area contributed by atoms with E-state index in [1.54, 1.807) is 6.20 Å². The van der Waals surface area contributed by atoms with Crippen molar-refractivity contribution in [2.45, 2.75) is 24.9 Å². The van der Waals surface area contributed by atoms with Gasteiger partial charge in [-0.25, -0.2) is 0 Å². The largest absolute Gasteiger partial charge is 0.416 e. The zero-order chi connectivity index (χ0) is 29.1. The van der Waals surface area contributed by atoms with E-state index in [4.69, 9.17) is 4.74 Å². The first-order valence-corrected chi connectivity index (χ1v) is 12.5. The lowest BCUT2D eigenvalue weighted by Gasteiger charge is -2.36. The van der Waals surface area contributed by atoms with Crippen molar-refractivity contribution in [1.29, 1.82) is 0 Å². The highest BCUT2D eigenvalue weighted by Crippen LogP contribution is 2.37. The van der Waals surface area contributed by atoms with Gasteiger partial charge in [0.2, 0.25) is 5.91 Å². The predicted octanol–water partition coefficient (Wildman–Crippen LogP) is 4.76. The first-order valence-electron chi connectivity index (χ1n) is 12.5. The number of hydrogen-bond acceptors (Lipinski definition) is 5. The number of Topliss-reactive ketones (excluding diaryl/α,β-unsaturated/α-hetero) is 1. The van der Waals surface area contributed by atoms with Crippen LogP contribution in [0.5, 0.6) is 0 Å². The molecule has 41 heavy (non-hydrogen) atoms. The molecule has 1 atom stereocenters. The van der Waals surface area contributed by atoms with E-state index in [0.29, 0.717) is 25.2 Å². The van der Waals surface area contributed by atoms with Crippen molar-refractivity contribution in [1.82, 2.24) is 20.1 Å². The molecule has 0 spiro atoms. The molecule has 2 heterocycles. The minimum absolute atomic E-state index is 0. The van der Waals surface area contributed by atoms with Crippen LogP contribution in [0.4, 0.5) is 26.3 Å². The van der Waals surface area contributed by atoms with Crippen LogP contribution in [0.3, 0.4) is 0 Å². The SMILES string of the molecule is COCCN(Cc1c[nH]c2ccccc12)C(=O)C(C(=O)c1cc(C(F)(F)F)cc(C(F)(F)F)c1)N1CCNCC1.Cl. The molecule has 1 aliphatic heterocycles. The molecule has 0 bridgehead atoms. The predicted molar refractivity (Wildman–Crippen MR) is 142 cm³/mol. The molecule has 2 aromatic carbocycles. The molecule has 1 unspecified atom stereocenters. The molecule has 1 aromatic heterocycles. The van der Waals surface area contributed by atoms with Crippen molar-refractivity contribution in [3.63, 3.8) is 0 Å². The van der Waals surface area contributed by atoms with Crippen LogP contribution in [0.15, 0.2) is 48.7 Å². The molecule has 0 saturated carbocycles. The van der Waals surface area contributed by atoms with Gasteiger partial charge in [0.05, 0.1) is 17.7 Å². The minimum Gasteiger partial charge on any atom is -0.383 e. The number of benzene rings is 2. The van der Waals surface area contributed by atoms with Crippen molar-refractivity contribution in [2.75, 3.05) is 46.4 Å². The van der Waals surface area contributed by atoms with E-state index in [9.17, 15) is 35.9 Å². The summed E-state index contributed by atoms with van der Waals surface area (Å²) in [4.78, 5) is 33.7. The van der Waals surface area contributed by atoms with Crippen molar-refractivity contribution >= 4 is 35.0 Å². The first-order chi connectivity index (χ1) is 18.9. The van der Waals surface area contributed by atoms with Crippen LogP contribution >= 0.6 is 12.4 Å². The number of nitrogens with zero attached hydrogens (tertiary/aromatic N) is 2. The van der Waals surface area contributed by atoms with E-state index in [0.717, 1.165) is 16.5 Å². The fourth-order valence-corrected chi connectivity index (χ4v) is 4.74. The van der Waals surface area contributed by atoms with E-state index in [-0.39, 0.29) is 51.3 Å². The van der Waals surface area contributed by atoms with Crippen molar-refractivity contribution < 1.29 is 40.7 Å². The summed E-state index contributed by atoms with van der Waals surface area (Å²) in [6.45, 7) is 1.33. The zero-order valence-electron chi connectivity index (χ0n) is 21.9. The Hall–Kier alpha value is -3.13. The number of halogens is 7. The van der Waals surface area contributed by atoms with E-state index < -0.39 is 46.8 Å². The first kappa shape index (κ1) is 32.4. The number of ether oxygens (including phenoxy) is 1. The Kier molecular flexibility index (Phi) is 10.5. The standard InChI is InChI=1S/C27H28F6N4O3.ClH/c1-40-11-10-37(16-18-15-35-22-5-3-2-4-21(18)22)25(39)23(36-8-6-34-7-9-36)24(38)17-12-19(26(28,29)30)14-20(13-17)27(31,32)33;/h2-5,12-15,23,34-35H,6-11,16H2,1H3;1H. The molecule has 2 N–H and O–H groups in total. The summed E-state index contributed by atoms with van der Waals surface area (Å²) in [7, 11) is 1.43. The van der Waals surface area contributed by atoms with Gasteiger partial charge in [-0.05, 0) is 29.8 Å². The summed E-state index contributed by atoms with van der Waals surface area (Å²) < 4.78 is 86.3. The molecule has 0 radical (unpaired) electrons. The number of hydrogen-bond donors (Lipinski definition) is 2. The lowest BCUT2D eigenvalue weighted by Crippen LogP contribution is -2.58. The number of piperazine rings is 1. The highest BCUT2D eigenvalue weighted by molar-refractivity contribution is 6.13. The summed E-state index contributed by atoms with van der Waals surface area (Å²) in [5, 5.41) is 3.89. The number of ketones is 1. The number of carbonyl (C=O) groups is 2. The molecule has 4 rings (SSSR count). The van der Waals surface area contributed by atoms with Gasteiger partial charge in [0.15, 0.2) is 11.8 Å². The van der Waals surface area contributed by atoms with E-state index in [1.165, 1.54) is 16.9 Å². The molecule has 224 valence electrons. The average molecular weight is 607 g/mol. The fraction of sp³-hybridized carbons (Fsp3) is 0.407. The normalized spacial score (nSPS) is 15.4. The van der Waals surface area contributed by atoms with Crippen LogP contribution in [0, 0.1) is 0 Å². The second kappa shape index (κ2) is 13.2. The number of aromatic amines is 1. The number of methoxy groups -OCH3 is 1. The van der Waals surface area contributed by atoms with Gasteiger partial charge in [-0.3, -0.25) is 14.5 Å². The number of alkyl halides is 6. The van der Waals surface area contributed by atoms with Gasteiger partial charge in [0.1, 0.15) is 0 Å². The highest BCUT2D eigenvalue weighted by Gasteiger charge is 2.41. The maximum Gasteiger partial charge on any atom is 0.416 e. The Balaban J connectivity index is 0.00000462. The number of aromatic nitrogens is 1. The van der Waals surface area contributed by atoms with Crippen molar-refractivity contribution in [3.8, 4) is 0 Å². The fourth-order valence-electron chi connectivity index (χ4n) is 4.74. The van der Waals surface area contributed by atoms with E-state index in [1.807, 2.05) is 24.3 Å². The number of H-pyrrole nitrogens is 1. The molecule has 1 saturated heterocycles. The summed E-state index contributed by atoms with van der Waals surface area (Å²) in [5.41, 5.74) is -2.53. The molecule has 3 aromatic rings. The van der Waals surface area contributed by atoms with Gasteiger partial charge in [-0.1, -0.05) is 18.2 Å². The zero-order valence-corrected chi connectivity index (χ0v) is 22.8. The third-order valence-corrected chi connectivity index (χ3v) is 6.78. The Labute approximate surface area is 238 Å². The number of amides is 1. The molecule has 1 fully saturated rings. The van der Waals surface area contributed by atoms with Gasteiger partial charge in [0, 0.05) is 69.0 Å². The highest BCUT2D eigenvalue weighted by atomic mass is 35.5. The second-order valence-corrected chi connectivity index (χ2v) is 9.46. The lowest BCUT2D eigenvalue weighted by molar-refractivity contribution is -0.143. The summed E-state index contributed by atoms with van der Waals surface area (Å²) in [6, 6.07) is 6.42. The Morgan fingerprint density at radius 3 is 2.20 bits per heavy atom. The smallest absolute Gasteiger partial charge is 0.383 e. The Morgan fingerprint density at radius 2 is 1.61 bits per heavy atom. The number of rotatable bonds is 9. The molecule has 14 heteroatoms. The summed E-state index contributed by atoms with van der Waals surface area (Å²) in [5.74, 6) is -1.87.